The Morgan fingerprint density at radius 3 is 2.48 bits per heavy atom. The van der Waals surface area contributed by atoms with Gasteiger partial charge in [0.15, 0.2) is 0 Å². The Bertz CT molecular complexity index is 828. The first kappa shape index (κ1) is 19.9. The molecule has 1 aromatic carbocycles. The Hall–Kier alpha value is -2.40. The quantitative estimate of drug-likeness (QED) is 0.789. The summed E-state index contributed by atoms with van der Waals surface area (Å²) in [6.45, 7) is 5.71. The van der Waals surface area contributed by atoms with Crippen LogP contribution in [0.3, 0.4) is 0 Å². The highest BCUT2D eigenvalue weighted by Gasteiger charge is 2.30. The normalized spacial score (nSPS) is 21.2. The largest absolute Gasteiger partial charge is 0.497 e. The first-order chi connectivity index (χ1) is 14.1. The van der Waals surface area contributed by atoms with Gasteiger partial charge in [0.05, 0.1) is 12.8 Å². The number of methoxy groups -OCH3 is 1. The number of pyridine rings is 1. The van der Waals surface area contributed by atoms with Gasteiger partial charge in [0.1, 0.15) is 5.75 Å². The van der Waals surface area contributed by atoms with E-state index in [1.165, 1.54) is 25.1 Å². The third-order valence-electron chi connectivity index (χ3n) is 6.45. The van der Waals surface area contributed by atoms with E-state index in [0.29, 0.717) is 12.0 Å². The molecule has 0 N–H and O–H groups in total. The second kappa shape index (κ2) is 8.95. The summed E-state index contributed by atoms with van der Waals surface area (Å²) in [6.07, 6.45) is 4.59. The first-order valence-electron chi connectivity index (χ1n) is 10.7. The smallest absolute Gasteiger partial charge is 0.219 e. The number of nitrogens with zero attached hydrogens (tertiary/aromatic N) is 3. The molecule has 1 atom stereocenters. The fourth-order valence-corrected chi connectivity index (χ4v) is 4.73. The van der Waals surface area contributed by atoms with E-state index in [-0.39, 0.29) is 5.91 Å². The maximum Gasteiger partial charge on any atom is 0.219 e. The van der Waals surface area contributed by atoms with Gasteiger partial charge in [-0.05, 0) is 68.6 Å². The van der Waals surface area contributed by atoms with Crippen LogP contribution in [0.4, 0.5) is 0 Å². The molecule has 0 saturated carbocycles. The average molecular weight is 394 g/mol. The predicted octanol–water partition coefficient (Wildman–Crippen LogP) is 3.95. The lowest BCUT2D eigenvalue weighted by Crippen LogP contribution is -2.49. The van der Waals surface area contributed by atoms with Crippen LogP contribution in [0.25, 0.3) is 11.3 Å². The van der Waals surface area contributed by atoms with E-state index in [1.54, 1.807) is 14.0 Å². The lowest BCUT2D eigenvalue weighted by atomic mass is 9.91. The third kappa shape index (κ3) is 4.61. The van der Waals surface area contributed by atoms with Gasteiger partial charge in [-0.15, -0.1) is 0 Å². The van der Waals surface area contributed by atoms with Crippen molar-refractivity contribution < 1.29 is 9.53 Å². The number of hydrogen-bond acceptors (Lipinski definition) is 4. The molecule has 2 aliphatic rings. The van der Waals surface area contributed by atoms with Gasteiger partial charge in [-0.1, -0.05) is 6.07 Å². The van der Waals surface area contributed by atoms with Gasteiger partial charge in [-0.25, -0.2) is 0 Å². The van der Waals surface area contributed by atoms with Crippen LogP contribution >= 0.6 is 0 Å². The van der Waals surface area contributed by atoms with Crippen molar-refractivity contribution in [3.05, 3.63) is 48.2 Å². The molecule has 2 saturated heterocycles. The summed E-state index contributed by atoms with van der Waals surface area (Å²) in [7, 11) is 1.69. The Morgan fingerprint density at radius 2 is 1.79 bits per heavy atom. The van der Waals surface area contributed by atoms with Gasteiger partial charge in [-0.2, -0.15) is 0 Å². The highest BCUT2D eigenvalue weighted by molar-refractivity contribution is 5.73. The lowest BCUT2D eigenvalue weighted by Gasteiger charge is -2.42. The SMILES string of the molecule is COc1ccc(-c2cccc(C3CCCN(C4CCN(C(C)=O)CC4)C3)n2)cc1. The van der Waals surface area contributed by atoms with Crippen molar-refractivity contribution in [3.63, 3.8) is 0 Å². The Balaban J connectivity index is 1.44. The van der Waals surface area contributed by atoms with Crippen molar-refractivity contribution in [1.29, 1.82) is 0 Å². The minimum atomic E-state index is 0.208. The highest BCUT2D eigenvalue weighted by atomic mass is 16.5. The predicted molar refractivity (Wildman–Crippen MR) is 115 cm³/mol. The summed E-state index contributed by atoms with van der Waals surface area (Å²) in [5.41, 5.74) is 3.35. The Kier molecular flexibility index (Phi) is 6.14. The van der Waals surface area contributed by atoms with Crippen LogP contribution in [0.5, 0.6) is 5.75 Å². The minimum Gasteiger partial charge on any atom is -0.497 e. The van der Waals surface area contributed by atoms with Crippen LogP contribution in [0.2, 0.25) is 0 Å². The van der Waals surface area contributed by atoms with E-state index in [0.717, 1.165) is 49.5 Å². The zero-order valence-corrected chi connectivity index (χ0v) is 17.5. The highest BCUT2D eigenvalue weighted by Crippen LogP contribution is 2.31. The van der Waals surface area contributed by atoms with Crippen molar-refractivity contribution in [2.45, 2.75) is 44.6 Å². The van der Waals surface area contributed by atoms with Gasteiger partial charge >= 0.3 is 0 Å². The summed E-state index contributed by atoms with van der Waals surface area (Å²) in [5.74, 6) is 1.55. The van der Waals surface area contributed by atoms with E-state index >= 15 is 0 Å². The van der Waals surface area contributed by atoms with Crippen molar-refractivity contribution in [2.24, 2.45) is 0 Å². The molecule has 0 radical (unpaired) electrons. The van der Waals surface area contributed by atoms with Gasteiger partial charge in [0, 0.05) is 49.8 Å². The van der Waals surface area contributed by atoms with Gasteiger partial charge in [0.2, 0.25) is 5.91 Å². The number of aromatic nitrogens is 1. The monoisotopic (exact) mass is 393 g/mol. The molecular formula is C24H31N3O2. The van der Waals surface area contributed by atoms with Gasteiger partial charge < -0.3 is 9.64 Å². The molecule has 1 aromatic heterocycles. The van der Waals surface area contributed by atoms with E-state index < -0.39 is 0 Å². The van der Waals surface area contributed by atoms with Crippen LogP contribution in [0, 0.1) is 0 Å². The van der Waals surface area contributed by atoms with Crippen molar-refractivity contribution in [1.82, 2.24) is 14.8 Å². The fraction of sp³-hybridized carbons (Fsp3) is 0.500. The molecule has 0 bridgehead atoms. The van der Waals surface area contributed by atoms with Crippen molar-refractivity contribution in [3.8, 4) is 17.0 Å². The van der Waals surface area contributed by atoms with Crippen molar-refractivity contribution >= 4 is 5.91 Å². The summed E-state index contributed by atoms with van der Waals surface area (Å²) in [6, 6.07) is 15.1. The van der Waals surface area contributed by atoms with E-state index in [4.69, 9.17) is 9.72 Å². The number of amides is 1. The van der Waals surface area contributed by atoms with Crippen LogP contribution in [0.1, 0.15) is 44.2 Å². The first-order valence-corrected chi connectivity index (χ1v) is 10.7. The summed E-state index contributed by atoms with van der Waals surface area (Å²) >= 11 is 0. The minimum absolute atomic E-state index is 0.208. The standard InChI is InChI=1S/C24H31N3O2/c1-18(28)26-15-12-21(13-16-26)27-14-4-5-20(17-27)24-7-3-6-23(25-24)19-8-10-22(29-2)11-9-19/h3,6-11,20-21H,4-5,12-17H2,1-2H3. The second-order valence-corrected chi connectivity index (χ2v) is 8.25. The third-order valence-corrected chi connectivity index (χ3v) is 6.45. The molecule has 1 unspecified atom stereocenters. The topological polar surface area (TPSA) is 45.7 Å². The zero-order valence-electron chi connectivity index (χ0n) is 17.5. The van der Waals surface area contributed by atoms with Crippen LogP contribution in [0.15, 0.2) is 42.5 Å². The van der Waals surface area contributed by atoms with Crippen LogP contribution in [-0.2, 0) is 4.79 Å². The van der Waals surface area contributed by atoms with Crippen LogP contribution in [-0.4, -0.2) is 60.0 Å². The molecule has 2 aliphatic heterocycles. The molecule has 29 heavy (non-hydrogen) atoms. The summed E-state index contributed by atoms with van der Waals surface area (Å²) in [5, 5.41) is 0. The van der Waals surface area contributed by atoms with Crippen LogP contribution < -0.4 is 4.74 Å². The van der Waals surface area contributed by atoms with Crippen molar-refractivity contribution in [2.75, 3.05) is 33.3 Å². The number of rotatable bonds is 4. The Morgan fingerprint density at radius 1 is 1.03 bits per heavy atom. The molecule has 5 nitrogen and oxygen atoms in total. The maximum absolute atomic E-state index is 11.6. The number of carbonyl (C=O) groups excluding carboxylic acids is 1. The van der Waals surface area contributed by atoms with E-state index in [9.17, 15) is 4.79 Å². The second-order valence-electron chi connectivity index (χ2n) is 8.25. The number of piperidine rings is 2. The lowest BCUT2D eigenvalue weighted by molar-refractivity contribution is -0.130. The molecular weight excluding hydrogens is 362 g/mol. The molecule has 0 aliphatic carbocycles. The number of ether oxygens (including phenoxy) is 1. The summed E-state index contributed by atoms with van der Waals surface area (Å²) < 4.78 is 5.27. The number of likely N-dealkylation sites (tertiary alicyclic amines) is 2. The molecule has 5 heteroatoms. The summed E-state index contributed by atoms with van der Waals surface area (Å²) in [4.78, 5) is 21.2. The molecule has 0 spiro atoms. The number of carbonyl (C=O) groups is 1. The molecule has 2 fully saturated rings. The van der Waals surface area contributed by atoms with Gasteiger partial charge in [-0.3, -0.25) is 14.7 Å². The molecule has 3 heterocycles. The molecule has 2 aromatic rings. The molecule has 1 amide bonds. The van der Waals surface area contributed by atoms with E-state index in [1.807, 2.05) is 17.0 Å². The maximum atomic E-state index is 11.6. The molecule has 154 valence electrons. The Labute approximate surface area is 173 Å². The fourth-order valence-electron chi connectivity index (χ4n) is 4.73. The molecule has 4 rings (SSSR count). The average Bonchev–Trinajstić information content (AvgIpc) is 2.79. The number of hydrogen-bond donors (Lipinski definition) is 0. The number of benzene rings is 1. The van der Waals surface area contributed by atoms with Gasteiger partial charge in [0.25, 0.3) is 0 Å². The zero-order chi connectivity index (χ0) is 20.2. The van der Waals surface area contributed by atoms with E-state index in [2.05, 4.69) is 35.2 Å².